The summed E-state index contributed by atoms with van der Waals surface area (Å²) < 4.78 is 5.73. The van der Waals surface area contributed by atoms with Crippen LogP contribution in [0.15, 0.2) is 24.4 Å². The first kappa shape index (κ1) is 18.3. The van der Waals surface area contributed by atoms with E-state index in [1.54, 1.807) is 0 Å². The van der Waals surface area contributed by atoms with Gasteiger partial charge in [-0.1, -0.05) is 6.07 Å². The zero-order valence-corrected chi connectivity index (χ0v) is 15.4. The molecule has 0 aliphatic carbocycles. The second kappa shape index (κ2) is 8.25. The number of amides is 1. The van der Waals surface area contributed by atoms with E-state index < -0.39 is 0 Å². The Morgan fingerprint density at radius 3 is 3.04 bits per heavy atom. The van der Waals surface area contributed by atoms with E-state index in [0.717, 1.165) is 57.9 Å². The van der Waals surface area contributed by atoms with E-state index in [2.05, 4.69) is 33.9 Å². The minimum atomic E-state index is -0.0901. The van der Waals surface area contributed by atoms with E-state index in [-0.39, 0.29) is 17.6 Å². The zero-order valence-electron chi connectivity index (χ0n) is 15.4. The van der Waals surface area contributed by atoms with Crippen molar-refractivity contribution in [1.29, 1.82) is 0 Å². The molecule has 25 heavy (non-hydrogen) atoms. The maximum atomic E-state index is 12.6. The van der Waals surface area contributed by atoms with Gasteiger partial charge in [0.15, 0.2) is 0 Å². The van der Waals surface area contributed by atoms with Crippen LogP contribution in [0.1, 0.15) is 32.4 Å². The number of likely N-dealkylation sites (tertiary alicyclic amines) is 1. The lowest BCUT2D eigenvalue weighted by Gasteiger charge is -2.38. The van der Waals surface area contributed by atoms with Gasteiger partial charge in [0, 0.05) is 38.9 Å². The van der Waals surface area contributed by atoms with Gasteiger partial charge in [-0.3, -0.25) is 19.6 Å². The monoisotopic (exact) mass is 346 g/mol. The highest BCUT2D eigenvalue weighted by atomic mass is 16.5. The maximum absolute atomic E-state index is 12.6. The topological polar surface area (TPSA) is 57.7 Å². The Morgan fingerprint density at radius 1 is 1.40 bits per heavy atom. The molecule has 0 saturated carbocycles. The highest BCUT2D eigenvalue weighted by molar-refractivity contribution is 5.82. The van der Waals surface area contributed by atoms with E-state index in [9.17, 15) is 4.79 Å². The van der Waals surface area contributed by atoms with Crippen LogP contribution in [0.4, 0.5) is 0 Å². The molecule has 0 spiro atoms. The molecule has 2 fully saturated rings. The summed E-state index contributed by atoms with van der Waals surface area (Å²) in [5.74, 6) is 0.154. The molecule has 138 valence electrons. The first-order chi connectivity index (χ1) is 12.0. The summed E-state index contributed by atoms with van der Waals surface area (Å²) in [6.07, 6.45) is 3.82. The summed E-state index contributed by atoms with van der Waals surface area (Å²) in [4.78, 5) is 21.6. The van der Waals surface area contributed by atoms with Gasteiger partial charge in [-0.25, -0.2) is 0 Å². The molecule has 1 N–H and O–H groups in total. The van der Waals surface area contributed by atoms with Crippen molar-refractivity contribution in [1.82, 2.24) is 20.1 Å². The molecule has 2 aliphatic heterocycles. The summed E-state index contributed by atoms with van der Waals surface area (Å²) in [6, 6.07) is 5.91. The third-order valence-corrected chi connectivity index (χ3v) is 4.99. The summed E-state index contributed by atoms with van der Waals surface area (Å²) in [6.45, 7) is 10.1. The van der Waals surface area contributed by atoms with Crippen molar-refractivity contribution in [2.75, 3.05) is 39.3 Å². The molecule has 0 radical (unpaired) electrons. The van der Waals surface area contributed by atoms with E-state index in [1.807, 2.05) is 24.4 Å². The van der Waals surface area contributed by atoms with Crippen LogP contribution in [-0.4, -0.2) is 71.7 Å². The van der Waals surface area contributed by atoms with Crippen LogP contribution >= 0.6 is 0 Å². The van der Waals surface area contributed by atoms with Crippen LogP contribution in [0.2, 0.25) is 0 Å². The molecule has 0 aromatic carbocycles. The van der Waals surface area contributed by atoms with Crippen LogP contribution in [0.25, 0.3) is 0 Å². The molecule has 6 heteroatoms. The van der Waals surface area contributed by atoms with Crippen molar-refractivity contribution in [2.24, 2.45) is 0 Å². The smallest absolute Gasteiger partial charge is 0.237 e. The average molecular weight is 346 g/mol. The lowest BCUT2D eigenvalue weighted by Crippen LogP contribution is -2.51. The maximum Gasteiger partial charge on any atom is 0.237 e. The van der Waals surface area contributed by atoms with Crippen LogP contribution in [0.5, 0.6) is 0 Å². The molecule has 3 rings (SSSR count). The first-order valence-corrected chi connectivity index (χ1v) is 9.31. The van der Waals surface area contributed by atoms with Crippen LogP contribution < -0.4 is 5.32 Å². The fourth-order valence-electron chi connectivity index (χ4n) is 3.77. The molecule has 0 bridgehead atoms. The predicted octanol–water partition coefficient (Wildman–Crippen LogP) is 1.27. The zero-order chi connectivity index (χ0) is 17.7. The molecule has 1 amide bonds. The SMILES string of the molecule is CC1(C)CN(CCNC(=O)C2CCCN2Cc2ccccn2)CCO1. The van der Waals surface area contributed by atoms with E-state index in [0.29, 0.717) is 6.54 Å². The molecule has 2 saturated heterocycles. The number of carbonyl (C=O) groups is 1. The van der Waals surface area contributed by atoms with Gasteiger partial charge < -0.3 is 10.1 Å². The number of pyridine rings is 1. The van der Waals surface area contributed by atoms with Gasteiger partial charge in [-0.05, 0) is 45.4 Å². The van der Waals surface area contributed by atoms with E-state index in [4.69, 9.17) is 4.74 Å². The molecular formula is C19H30N4O2. The third-order valence-electron chi connectivity index (χ3n) is 4.99. The Labute approximate surface area is 150 Å². The predicted molar refractivity (Wildman–Crippen MR) is 97.1 cm³/mol. The Morgan fingerprint density at radius 2 is 2.28 bits per heavy atom. The van der Waals surface area contributed by atoms with Gasteiger partial charge in [-0.2, -0.15) is 0 Å². The summed E-state index contributed by atoms with van der Waals surface area (Å²) >= 11 is 0. The Hall–Kier alpha value is -1.50. The van der Waals surface area contributed by atoms with Crippen LogP contribution in [-0.2, 0) is 16.1 Å². The van der Waals surface area contributed by atoms with Gasteiger partial charge in [0.2, 0.25) is 5.91 Å². The molecule has 3 heterocycles. The molecule has 1 aromatic heterocycles. The summed E-state index contributed by atoms with van der Waals surface area (Å²) in [7, 11) is 0. The fraction of sp³-hybridized carbons (Fsp3) is 0.684. The number of hydrogen-bond donors (Lipinski definition) is 1. The molecule has 1 unspecified atom stereocenters. The van der Waals surface area contributed by atoms with Gasteiger partial charge in [0.05, 0.1) is 23.9 Å². The molecule has 1 atom stereocenters. The number of morpholine rings is 1. The Kier molecular flexibility index (Phi) is 6.04. The molecular weight excluding hydrogens is 316 g/mol. The second-order valence-electron chi connectivity index (χ2n) is 7.62. The van der Waals surface area contributed by atoms with Gasteiger partial charge in [0.25, 0.3) is 0 Å². The highest BCUT2D eigenvalue weighted by Gasteiger charge is 2.31. The number of hydrogen-bond acceptors (Lipinski definition) is 5. The number of carbonyl (C=O) groups excluding carboxylic acids is 1. The van der Waals surface area contributed by atoms with Crippen LogP contribution in [0, 0.1) is 0 Å². The highest BCUT2D eigenvalue weighted by Crippen LogP contribution is 2.20. The average Bonchev–Trinajstić information content (AvgIpc) is 3.03. The Bertz CT molecular complexity index is 564. The third kappa shape index (κ3) is 5.23. The second-order valence-corrected chi connectivity index (χ2v) is 7.62. The molecule has 1 aromatic rings. The van der Waals surface area contributed by atoms with Gasteiger partial charge >= 0.3 is 0 Å². The number of nitrogens with one attached hydrogen (secondary N) is 1. The minimum absolute atomic E-state index is 0.0249. The summed E-state index contributed by atoms with van der Waals surface area (Å²) in [5, 5.41) is 3.13. The van der Waals surface area contributed by atoms with E-state index >= 15 is 0 Å². The quantitative estimate of drug-likeness (QED) is 0.841. The first-order valence-electron chi connectivity index (χ1n) is 9.31. The standard InChI is InChI=1S/C19H30N4O2/c1-19(2)15-22(12-13-25-19)11-9-21-18(24)17-7-5-10-23(17)14-16-6-3-4-8-20-16/h3-4,6,8,17H,5,7,9-15H2,1-2H3,(H,21,24). The van der Waals surface area contributed by atoms with Crippen molar-refractivity contribution < 1.29 is 9.53 Å². The van der Waals surface area contributed by atoms with Gasteiger partial charge in [-0.15, -0.1) is 0 Å². The van der Waals surface area contributed by atoms with E-state index in [1.165, 1.54) is 0 Å². The van der Waals surface area contributed by atoms with Crippen molar-refractivity contribution >= 4 is 5.91 Å². The van der Waals surface area contributed by atoms with Gasteiger partial charge in [0.1, 0.15) is 0 Å². The van der Waals surface area contributed by atoms with Crippen molar-refractivity contribution in [3.8, 4) is 0 Å². The molecule has 6 nitrogen and oxygen atoms in total. The van der Waals surface area contributed by atoms with Crippen molar-refractivity contribution in [2.45, 2.75) is 44.9 Å². The van der Waals surface area contributed by atoms with Crippen molar-refractivity contribution in [3.05, 3.63) is 30.1 Å². The fourth-order valence-corrected chi connectivity index (χ4v) is 3.77. The molecule has 2 aliphatic rings. The van der Waals surface area contributed by atoms with Crippen molar-refractivity contribution in [3.63, 3.8) is 0 Å². The minimum Gasteiger partial charge on any atom is -0.373 e. The number of rotatable bonds is 6. The largest absolute Gasteiger partial charge is 0.373 e. The number of nitrogens with zero attached hydrogens (tertiary/aromatic N) is 3. The number of aromatic nitrogens is 1. The normalized spacial score (nSPS) is 24.3. The lowest BCUT2D eigenvalue weighted by atomic mass is 10.1. The number of ether oxygens (including phenoxy) is 1. The van der Waals surface area contributed by atoms with Crippen LogP contribution in [0.3, 0.4) is 0 Å². The Balaban J connectivity index is 1.44. The summed E-state index contributed by atoms with van der Waals surface area (Å²) in [5.41, 5.74) is 0.936. The lowest BCUT2D eigenvalue weighted by molar-refractivity contribution is -0.125.